The molecule has 1 atom stereocenters. The predicted molar refractivity (Wildman–Crippen MR) is 70.0 cm³/mol. The molecule has 17 heavy (non-hydrogen) atoms. The highest BCUT2D eigenvalue weighted by Gasteiger charge is 2.20. The minimum atomic E-state index is -0.370. The molecule has 0 bridgehead atoms. The SMILES string of the molecule is CCCn1ncc(Br)c1C(N)c1ccc(Cl)o1. The lowest BCUT2D eigenvalue weighted by atomic mass is 10.1. The molecule has 0 aliphatic heterocycles. The topological polar surface area (TPSA) is 57.0 Å². The molecule has 2 aromatic rings. The Morgan fingerprint density at radius 2 is 2.35 bits per heavy atom. The number of nitrogens with zero attached hydrogens (tertiary/aromatic N) is 2. The van der Waals surface area contributed by atoms with Gasteiger partial charge in [-0.15, -0.1) is 0 Å². The van der Waals surface area contributed by atoms with Crippen LogP contribution in [0.3, 0.4) is 0 Å². The third-order valence-corrected chi connectivity index (χ3v) is 3.28. The molecule has 0 spiro atoms. The lowest BCUT2D eigenvalue weighted by Crippen LogP contribution is -2.17. The average molecular weight is 319 g/mol. The predicted octanol–water partition coefficient (Wildman–Crippen LogP) is 3.35. The Hall–Kier alpha value is -0.780. The van der Waals surface area contributed by atoms with Crippen LogP contribution in [0, 0.1) is 0 Å². The van der Waals surface area contributed by atoms with Crippen molar-refractivity contribution < 1.29 is 4.42 Å². The normalized spacial score (nSPS) is 12.9. The zero-order valence-electron chi connectivity index (χ0n) is 9.36. The quantitative estimate of drug-likeness (QED) is 0.940. The van der Waals surface area contributed by atoms with Gasteiger partial charge in [-0.25, -0.2) is 0 Å². The molecule has 0 aromatic carbocycles. The number of nitrogens with two attached hydrogens (primary N) is 1. The Balaban J connectivity index is 2.35. The fraction of sp³-hybridized carbons (Fsp3) is 0.364. The second-order valence-corrected chi connectivity index (χ2v) is 4.95. The van der Waals surface area contributed by atoms with Crippen LogP contribution < -0.4 is 5.73 Å². The summed E-state index contributed by atoms with van der Waals surface area (Å²) in [6, 6.07) is 3.10. The van der Waals surface area contributed by atoms with Crippen molar-refractivity contribution >= 4 is 27.5 Å². The molecule has 4 nitrogen and oxygen atoms in total. The molecule has 2 aromatic heterocycles. The number of halogens is 2. The van der Waals surface area contributed by atoms with Gasteiger partial charge in [-0.3, -0.25) is 4.68 Å². The van der Waals surface area contributed by atoms with E-state index in [9.17, 15) is 0 Å². The Bertz CT molecular complexity index is 509. The third-order valence-electron chi connectivity index (χ3n) is 2.46. The standard InChI is InChI=1S/C11H13BrClN3O/c1-2-5-16-11(7(12)6-15-16)10(14)8-3-4-9(13)17-8/h3-4,6,10H,2,5,14H2,1H3. The van der Waals surface area contributed by atoms with Crippen molar-refractivity contribution in [2.24, 2.45) is 5.73 Å². The first kappa shape index (κ1) is 12.7. The van der Waals surface area contributed by atoms with E-state index in [0.717, 1.165) is 23.1 Å². The Kier molecular flexibility index (Phi) is 3.91. The monoisotopic (exact) mass is 317 g/mol. The van der Waals surface area contributed by atoms with Gasteiger partial charge in [0.2, 0.25) is 0 Å². The van der Waals surface area contributed by atoms with Crippen LogP contribution in [0.15, 0.2) is 27.2 Å². The number of aromatic nitrogens is 2. The molecular formula is C11H13BrClN3O. The van der Waals surface area contributed by atoms with Gasteiger partial charge in [0.25, 0.3) is 0 Å². The van der Waals surface area contributed by atoms with E-state index in [4.69, 9.17) is 21.8 Å². The molecule has 0 fully saturated rings. The molecule has 0 amide bonds. The zero-order valence-corrected chi connectivity index (χ0v) is 11.7. The lowest BCUT2D eigenvalue weighted by Gasteiger charge is -2.12. The van der Waals surface area contributed by atoms with Crippen LogP contribution in [0.5, 0.6) is 0 Å². The zero-order chi connectivity index (χ0) is 12.4. The fourth-order valence-electron chi connectivity index (χ4n) is 1.70. The summed E-state index contributed by atoms with van der Waals surface area (Å²) in [6.07, 6.45) is 2.74. The van der Waals surface area contributed by atoms with Gasteiger partial charge in [-0.1, -0.05) is 6.92 Å². The number of rotatable bonds is 4. The summed E-state index contributed by atoms with van der Waals surface area (Å²) in [4.78, 5) is 0. The van der Waals surface area contributed by atoms with Crippen LogP contribution in [-0.2, 0) is 6.54 Å². The number of hydrogen-bond acceptors (Lipinski definition) is 3. The van der Waals surface area contributed by atoms with E-state index < -0.39 is 0 Å². The highest BCUT2D eigenvalue weighted by atomic mass is 79.9. The number of furan rings is 1. The molecule has 1 unspecified atom stereocenters. The molecule has 0 aliphatic carbocycles. The van der Waals surface area contributed by atoms with Crippen molar-refractivity contribution in [1.29, 1.82) is 0 Å². The van der Waals surface area contributed by atoms with E-state index in [0.29, 0.717) is 11.0 Å². The molecule has 0 saturated carbocycles. The summed E-state index contributed by atoms with van der Waals surface area (Å²) in [6.45, 7) is 2.91. The molecule has 0 aliphatic rings. The van der Waals surface area contributed by atoms with Crippen molar-refractivity contribution in [3.8, 4) is 0 Å². The molecule has 6 heteroatoms. The van der Waals surface area contributed by atoms with Gasteiger partial charge in [0.1, 0.15) is 11.8 Å². The van der Waals surface area contributed by atoms with Crippen LogP contribution in [-0.4, -0.2) is 9.78 Å². The van der Waals surface area contributed by atoms with Crippen LogP contribution in [0.2, 0.25) is 5.22 Å². The summed E-state index contributed by atoms with van der Waals surface area (Å²) in [5.74, 6) is 0.633. The largest absolute Gasteiger partial charge is 0.448 e. The van der Waals surface area contributed by atoms with E-state index in [1.165, 1.54) is 0 Å². The third kappa shape index (κ3) is 2.56. The van der Waals surface area contributed by atoms with Gasteiger partial charge in [0.05, 0.1) is 16.4 Å². The molecular weight excluding hydrogens is 305 g/mol. The van der Waals surface area contributed by atoms with Crippen LogP contribution in [0.4, 0.5) is 0 Å². The van der Waals surface area contributed by atoms with E-state index in [1.807, 2.05) is 4.68 Å². The van der Waals surface area contributed by atoms with Crippen molar-refractivity contribution in [3.05, 3.63) is 39.5 Å². The van der Waals surface area contributed by atoms with Crippen molar-refractivity contribution in [1.82, 2.24) is 9.78 Å². The van der Waals surface area contributed by atoms with E-state index in [2.05, 4.69) is 28.0 Å². The summed E-state index contributed by atoms with van der Waals surface area (Å²) in [5, 5.41) is 4.61. The Morgan fingerprint density at radius 3 is 2.94 bits per heavy atom. The Labute approximate surface area is 113 Å². The van der Waals surface area contributed by atoms with Crippen molar-refractivity contribution in [3.63, 3.8) is 0 Å². The van der Waals surface area contributed by atoms with Gasteiger partial charge in [0.15, 0.2) is 5.22 Å². The van der Waals surface area contributed by atoms with Crippen LogP contribution in [0.1, 0.15) is 30.8 Å². The second kappa shape index (κ2) is 5.25. The minimum Gasteiger partial charge on any atom is -0.448 e. The average Bonchev–Trinajstić information content (AvgIpc) is 2.86. The number of hydrogen-bond donors (Lipinski definition) is 1. The van der Waals surface area contributed by atoms with Gasteiger partial charge >= 0.3 is 0 Å². The van der Waals surface area contributed by atoms with Gasteiger partial charge < -0.3 is 10.2 Å². The smallest absolute Gasteiger partial charge is 0.193 e. The Morgan fingerprint density at radius 1 is 1.59 bits per heavy atom. The van der Waals surface area contributed by atoms with Crippen LogP contribution in [0.25, 0.3) is 0 Å². The van der Waals surface area contributed by atoms with Gasteiger partial charge in [-0.05, 0) is 46.1 Å². The number of aryl methyl sites for hydroxylation is 1. The summed E-state index contributed by atoms with van der Waals surface area (Å²) >= 11 is 9.20. The highest BCUT2D eigenvalue weighted by Crippen LogP contribution is 2.29. The molecule has 0 radical (unpaired) electrons. The molecule has 0 saturated heterocycles. The van der Waals surface area contributed by atoms with E-state index in [-0.39, 0.29) is 6.04 Å². The summed E-state index contributed by atoms with van der Waals surface area (Å²) in [5.41, 5.74) is 7.06. The summed E-state index contributed by atoms with van der Waals surface area (Å²) < 4.78 is 8.10. The van der Waals surface area contributed by atoms with E-state index >= 15 is 0 Å². The maximum absolute atomic E-state index is 6.16. The lowest BCUT2D eigenvalue weighted by molar-refractivity contribution is 0.469. The first-order valence-corrected chi connectivity index (χ1v) is 6.52. The molecule has 2 heterocycles. The first-order valence-electron chi connectivity index (χ1n) is 5.35. The maximum atomic E-state index is 6.16. The van der Waals surface area contributed by atoms with Crippen molar-refractivity contribution in [2.75, 3.05) is 0 Å². The summed E-state index contributed by atoms with van der Waals surface area (Å²) in [7, 11) is 0. The van der Waals surface area contributed by atoms with Crippen molar-refractivity contribution in [2.45, 2.75) is 25.9 Å². The maximum Gasteiger partial charge on any atom is 0.193 e. The van der Waals surface area contributed by atoms with Crippen LogP contribution >= 0.6 is 27.5 Å². The molecule has 2 N–H and O–H groups in total. The molecule has 2 rings (SSSR count). The molecule has 92 valence electrons. The van der Waals surface area contributed by atoms with Gasteiger partial charge in [0, 0.05) is 6.54 Å². The minimum absolute atomic E-state index is 0.341. The first-order chi connectivity index (χ1) is 8.13. The second-order valence-electron chi connectivity index (χ2n) is 3.72. The van der Waals surface area contributed by atoms with Gasteiger partial charge in [-0.2, -0.15) is 5.10 Å². The highest BCUT2D eigenvalue weighted by molar-refractivity contribution is 9.10. The fourth-order valence-corrected chi connectivity index (χ4v) is 2.40. The van der Waals surface area contributed by atoms with E-state index in [1.54, 1.807) is 18.3 Å².